The third-order valence-corrected chi connectivity index (χ3v) is 4.53. The lowest BCUT2D eigenvalue weighted by Gasteiger charge is -2.22. The summed E-state index contributed by atoms with van der Waals surface area (Å²) in [7, 11) is -0.697. The SMILES string of the molecule is Cc1cc(C)c(C(C)NC(C)CCS(C)=O)cc1C. The van der Waals surface area contributed by atoms with Crippen LogP contribution in [0.5, 0.6) is 0 Å². The van der Waals surface area contributed by atoms with Gasteiger partial charge in [-0.3, -0.25) is 4.21 Å². The van der Waals surface area contributed by atoms with E-state index >= 15 is 0 Å². The van der Waals surface area contributed by atoms with Crippen molar-refractivity contribution in [3.8, 4) is 0 Å². The van der Waals surface area contributed by atoms with E-state index in [1.54, 1.807) is 6.26 Å². The summed E-state index contributed by atoms with van der Waals surface area (Å²) < 4.78 is 11.1. The minimum atomic E-state index is -0.697. The lowest BCUT2D eigenvalue weighted by atomic mass is 9.96. The number of benzene rings is 1. The van der Waals surface area contributed by atoms with Crippen LogP contribution in [-0.2, 0) is 10.8 Å². The number of rotatable bonds is 6. The fraction of sp³-hybridized carbons (Fsp3) is 0.625. The van der Waals surface area contributed by atoms with Crippen molar-refractivity contribution in [3.63, 3.8) is 0 Å². The first-order valence-electron chi connectivity index (χ1n) is 6.95. The maximum Gasteiger partial charge on any atom is 0.0296 e. The lowest BCUT2D eigenvalue weighted by Crippen LogP contribution is -2.30. The predicted octanol–water partition coefficient (Wildman–Crippen LogP) is 3.42. The molecule has 0 spiro atoms. The molecule has 3 unspecified atom stereocenters. The molecule has 1 rings (SSSR count). The molecule has 0 radical (unpaired) electrons. The standard InChI is InChI=1S/C16H27NOS/c1-11-9-13(3)16(10-12(11)2)15(5)17-14(4)7-8-19(6)18/h9-10,14-15,17H,7-8H2,1-6H3. The highest BCUT2D eigenvalue weighted by Gasteiger charge is 2.13. The maximum atomic E-state index is 11.1. The Morgan fingerprint density at radius 1 is 1.11 bits per heavy atom. The maximum absolute atomic E-state index is 11.1. The molecule has 0 heterocycles. The second-order valence-electron chi connectivity index (χ2n) is 5.65. The molecule has 1 aromatic rings. The van der Waals surface area contributed by atoms with Crippen molar-refractivity contribution in [2.75, 3.05) is 12.0 Å². The fourth-order valence-corrected chi connectivity index (χ4v) is 3.08. The van der Waals surface area contributed by atoms with Gasteiger partial charge in [-0.1, -0.05) is 12.1 Å². The van der Waals surface area contributed by atoms with E-state index in [0.717, 1.165) is 12.2 Å². The van der Waals surface area contributed by atoms with Crippen molar-refractivity contribution in [2.45, 2.75) is 53.1 Å². The van der Waals surface area contributed by atoms with E-state index in [-0.39, 0.29) is 0 Å². The fourth-order valence-electron chi connectivity index (χ4n) is 2.39. The number of hydrogen-bond donors (Lipinski definition) is 1. The van der Waals surface area contributed by atoms with Crippen molar-refractivity contribution in [2.24, 2.45) is 0 Å². The smallest absolute Gasteiger partial charge is 0.0296 e. The summed E-state index contributed by atoms with van der Waals surface area (Å²) in [5.41, 5.74) is 5.40. The molecule has 0 saturated carbocycles. The van der Waals surface area contributed by atoms with Crippen LogP contribution in [0.1, 0.15) is 48.6 Å². The van der Waals surface area contributed by atoms with Crippen molar-refractivity contribution < 1.29 is 4.21 Å². The van der Waals surface area contributed by atoms with Gasteiger partial charge in [-0.25, -0.2) is 0 Å². The molecule has 0 bridgehead atoms. The molecule has 0 aliphatic heterocycles. The average Bonchev–Trinajstić information content (AvgIpc) is 2.31. The van der Waals surface area contributed by atoms with E-state index in [9.17, 15) is 4.21 Å². The zero-order chi connectivity index (χ0) is 14.6. The van der Waals surface area contributed by atoms with E-state index < -0.39 is 10.8 Å². The van der Waals surface area contributed by atoms with E-state index in [2.05, 4.69) is 52.1 Å². The number of hydrogen-bond acceptors (Lipinski definition) is 2. The van der Waals surface area contributed by atoms with E-state index in [4.69, 9.17) is 0 Å². The molecule has 0 aliphatic rings. The van der Waals surface area contributed by atoms with Crippen molar-refractivity contribution in [1.29, 1.82) is 0 Å². The summed E-state index contributed by atoms with van der Waals surface area (Å²) in [6, 6.07) is 5.27. The summed E-state index contributed by atoms with van der Waals surface area (Å²) in [5, 5.41) is 3.60. The molecule has 108 valence electrons. The van der Waals surface area contributed by atoms with Gasteiger partial charge in [-0.15, -0.1) is 0 Å². The van der Waals surface area contributed by atoms with Gasteiger partial charge in [0.05, 0.1) is 0 Å². The van der Waals surface area contributed by atoms with Gasteiger partial charge >= 0.3 is 0 Å². The first-order valence-corrected chi connectivity index (χ1v) is 8.67. The summed E-state index contributed by atoms with van der Waals surface area (Å²) in [4.78, 5) is 0. The van der Waals surface area contributed by atoms with Crippen LogP contribution in [0.25, 0.3) is 0 Å². The predicted molar refractivity (Wildman–Crippen MR) is 85.2 cm³/mol. The Labute approximate surface area is 120 Å². The van der Waals surface area contributed by atoms with E-state index in [1.807, 2.05) is 0 Å². The molecule has 0 aliphatic carbocycles. The quantitative estimate of drug-likeness (QED) is 0.865. The van der Waals surface area contributed by atoms with E-state index in [1.165, 1.54) is 22.3 Å². The van der Waals surface area contributed by atoms with Crippen LogP contribution < -0.4 is 5.32 Å². The Kier molecular flexibility index (Phi) is 6.21. The second-order valence-corrected chi connectivity index (χ2v) is 7.20. The summed E-state index contributed by atoms with van der Waals surface area (Å²) in [6.07, 6.45) is 2.72. The zero-order valence-electron chi connectivity index (χ0n) is 13.0. The third kappa shape index (κ3) is 5.07. The number of aryl methyl sites for hydroxylation is 3. The van der Waals surface area contributed by atoms with Crippen molar-refractivity contribution >= 4 is 10.8 Å². The summed E-state index contributed by atoms with van der Waals surface area (Å²) in [5.74, 6) is 0.771. The van der Waals surface area contributed by atoms with Crippen LogP contribution in [0.3, 0.4) is 0 Å². The van der Waals surface area contributed by atoms with Crippen LogP contribution in [0.2, 0.25) is 0 Å². The molecular weight excluding hydrogens is 254 g/mol. The molecule has 3 atom stereocenters. The third-order valence-electron chi connectivity index (χ3n) is 3.72. The Balaban J connectivity index is 2.70. The molecule has 0 amide bonds. The molecule has 1 N–H and O–H groups in total. The summed E-state index contributed by atoms with van der Waals surface area (Å²) >= 11 is 0. The molecule has 0 aromatic heterocycles. The molecule has 0 fully saturated rings. The lowest BCUT2D eigenvalue weighted by molar-refractivity contribution is 0.469. The van der Waals surface area contributed by atoms with Gasteiger partial charge in [0.2, 0.25) is 0 Å². The molecule has 3 heteroatoms. The van der Waals surface area contributed by atoms with Gasteiger partial charge in [0, 0.05) is 34.9 Å². The monoisotopic (exact) mass is 281 g/mol. The van der Waals surface area contributed by atoms with Gasteiger partial charge in [-0.05, 0) is 63.3 Å². The molecule has 1 aromatic carbocycles. The van der Waals surface area contributed by atoms with Gasteiger partial charge in [-0.2, -0.15) is 0 Å². The van der Waals surface area contributed by atoms with Gasteiger partial charge in [0.15, 0.2) is 0 Å². The highest BCUT2D eigenvalue weighted by molar-refractivity contribution is 7.84. The van der Waals surface area contributed by atoms with Crippen molar-refractivity contribution in [3.05, 3.63) is 34.4 Å². The highest BCUT2D eigenvalue weighted by Crippen LogP contribution is 2.22. The molecule has 2 nitrogen and oxygen atoms in total. The van der Waals surface area contributed by atoms with Crippen LogP contribution in [0, 0.1) is 20.8 Å². The topological polar surface area (TPSA) is 29.1 Å². The van der Waals surface area contributed by atoms with Crippen molar-refractivity contribution in [1.82, 2.24) is 5.32 Å². The minimum absolute atomic E-state index is 0.333. The molecular formula is C16H27NOS. The Hall–Kier alpha value is -0.670. The van der Waals surface area contributed by atoms with Crippen LogP contribution in [-0.4, -0.2) is 22.3 Å². The minimum Gasteiger partial charge on any atom is -0.308 e. The van der Waals surface area contributed by atoms with Crippen LogP contribution in [0.15, 0.2) is 12.1 Å². The van der Waals surface area contributed by atoms with E-state index in [0.29, 0.717) is 12.1 Å². The molecule has 19 heavy (non-hydrogen) atoms. The zero-order valence-corrected chi connectivity index (χ0v) is 13.9. The normalized spacial score (nSPS) is 16.1. The highest BCUT2D eigenvalue weighted by atomic mass is 32.2. The number of nitrogens with one attached hydrogen (secondary N) is 1. The Morgan fingerprint density at radius 2 is 1.68 bits per heavy atom. The van der Waals surface area contributed by atoms with Gasteiger partial charge in [0.1, 0.15) is 0 Å². The second kappa shape index (κ2) is 7.20. The Morgan fingerprint density at radius 3 is 2.26 bits per heavy atom. The first-order chi connectivity index (χ1) is 8.81. The van der Waals surface area contributed by atoms with Crippen LogP contribution in [0.4, 0.5) is 0 Å². The molecule has 0 saturated heterocycles. The summed E-state index contributed by atoms with van der Waals surface area (Å²) in [6.45, 7) is 10.9. The van der Waals surface area contributed by atoms with Gasteiger partial charge < -0.3 is 5.32 Å². The van der Waals surface area contributed by atoms with Crippen LogP contribution >= 0.6 is 0 Å². The largest absolute Gasteiger partial charge is 0.308 e. The Bertz CT molecular complexity index is 456. The van der Waals surface area contributed by atoms with Gasteiger partial charge in [0.25, 0.3) is 0 Å². The first kappa shape index (κ1) is 16.4. The average molecular weight is 281 g/mol.